The number of benzene rings is 5. The maximum Gasteiger partial charge on any atom is 0.0541 e. The average molecular weight is 536 g/mol. The first-order valence-electron chi connectivity index (χ1n) is 14.8. The zero-order valence-electron chi connectivity index (χ0n) is 25.8. The van der Waals surface area contributed by atoms with E-state index in [1.54, 1.807) is 0 Å². The number of fused-ring (bicyclic) bond motifs is 3. The summed E-state index contributed by atoms with van der Waals surface area (Å²) >= 11 is 0. The molecule has 1 heteroatoms. The zero-order chi connectivity index (χ0) is 29.1. The van der Waals surface area contributed by atoms with Gasteiger partial charge >= 0.3 is 0 Å². The summed E-state index contributed by atoms with van der Waals surface area (Å²) in [6, 6.07) is 39.0. The molecule has 0 aliphatic heterocycles. The zero-order valence-corrected chi connectivity index (χ0v) is 25.8. The third kappa shape index (κ3) is 5.10. The number of hydrogen-bond acceptors (Lipinski definition) is 0. The van der Waals surface area contributed by atoms with Crippen LogP contribution in [0, 0.1) is 13.8 Å². The van der Waals surface area contributed by atoms with E-state index in [1.165, 1.54) is 72.0 Å². The van der Waals surface area contributed by atoms with Gasteiger partial charge in [-0.3, -0.25) is 0 Å². The van der Waals surface area contributed by atoms with Gasteiger partial charge in [0.1, 0.15) is 0 Å². The first kappa shape index (κ1) is 27.1. The van der Waals surface area contributed by atoms with Crippen molar-refractivity contribution in [2.75, 3.05) is 0 Å². The largest absolute Gasteiger partial charge is 0.309 e. The number of rotatable bonds is 3. The van der Waals surface area contributed by atoms with Crippen LogP contribution in [0.4, 0.5) is 0 Å². The molecule has 0 atom stereocenters. The van der Waals surface area contributed by atoms with Crippen molar-refractivity contribution in [3.8, 4) is 27.9 Å². The molecule has 0 bridgehead atoms. The normalized spacial score (nSPS) is 12.4. The maximum atomic E-state index is 2.45. The van der Waals surface area contributed by atoms with E-state index in [4.69, 9.17) is 0 Å². The summed E-state index contributed by atoms with van der Waals surface area (Å²) in [5.41, 5.74) is 14.1. The van der Waals surface area contributed by atoms with Gasteiger partial charge in [0.15, 0.2) is 0 Å². The fourth-order valence-corrected chi connectivity index (χ4v) is 5.93. The molecule has 206 valence electrons. The van der Waals surface area contributed by atoms with Crippen molar-refractivity contribution in [2.45, 2.75) is 66.2 Å². The summed E-state index contributed by atoms with van der Waals surface area (Å²) in [7, 11) is 0. The monoisotopic (exact) mass is 535 g/mol. The Morgan fingerprint density at radius 3 is 1.17 bits per heavy atom. The van der Waals surface area contributed by atoms with E-state index in [9.17, 15) is 0 Å². The summed E-state index contributed by atoms with van der Waals surface area (Å²) < 4.78 is 2.45. The molecule has 0 N–H and O–H groups in total. The molecule has 6 aromatic rings. The fraction of sp³-hybridized carbons (Fsp3) is 0.250. The number of aromatic nitrogens is 1. The summed E-state index contributed by atoms with van der Waals surface area (Å²) in [5, 5.41) is 2.61. The van der Waals surface area contributed by atoms with E-state index < -0.39 is 0 Å². The Morgan fingerprint density at radius 2 is 0.805 bits per heavy atom. The lowest BCUT2D eigenvalue weighted by Crippen LogP contribution is -2.10. The Bertz CT molecular complexity index is 1750. The molecule has 0 spiro atoms. The van der Waals surface area contributed by atoms with E-state index in [2.05, 4.69) is 163 Å². The molecule has 0 unspecified atom stereocenters. The first-order valence-corrected chi connectivity index (χ1v) is 14.8. The predicted molar refractivity (Wildman–Crippen MR) is 179 cm³/mol. The molecule has 5 aromatic carbocycles. The van der Waals surface area contributed by atoms with Crippen LogP contribution in [-0.2, 0) is 10.8 Å². The lowest BCUT2D eigenvalue weighted by Gasteiger charge is -2.20. The highest BCUT2D eigenvalue weighted by Crippen LogP contribution is 2.37. The van der Waals surface area contributed by atoms with Crippen molar-refractivity contribution in [3.63, 3.8) is 0 Å². The van der Waals surface area contributed by atoms with Gasteiger partial charge in [0.25, 0.3) is 0 Å². The van der Waals surface area contributed by atoms with Gasteiger partial charge in [-0.25, -0.2) is 0 Å². The molecule has 6 rings (SSSR count). The minimum atomic E-state index is 0.125. The van der Waals surface area contributed by atoms with Gasteiger partial charge in [0, 0.05) is 16.5 Å². The molecular weight excluding hydrogens is 494 g/mol. The fourth-order valence-electron chi connectivity index (χ4n) is 5.93. The van der Waals surface area contributed by atoms with Crippen LogP contribution in [-0.4, -0.2) is 4.57 Å². The molecule has 0 amide bonds. The molecule has 1 nitrogen and oxygen atoms in total. The van der Waals surface area contributed by atoms with Crippen LogP contribution in [0.2, 0.25) is 0 Å². The Balaban J connectivity index is 1.61. The van der Waals surface area contributed by atoms with Gasteiger partial charge < -0.3 is 4.57 Å². The predicted octanol–water partition coefficient (Wildman–Crippen LogP) is 11.3. The molecule has 0 saturated heterocycles. The van der Waals surface area contributed by atoms with Crippen molar-refractivity contribution in [2.24, 2.45) is 0 Å². The Morgan fingerprint density at radius 1 is 0.415 bits per heavy atom. The number of hydrogen-bond donors (Lipinski definition) is 0. The summed E-state index contributed by atoms with van der Waals surface area (Å²) in [6.07, 6.45) is 0. The topological polar surface area (TPSA) is 4.93 Å². The highest BCUT2D eigenvalue weighted by molar-refractivity contribution is 6.09. The smallest absolute Gasteiger partial charge is 0.0541 e. The second kappa shape index (κ2) is 9.77. The van der Waals surface area contributed by atoms with Crippen LogP contribution >= 0.6 is 0 Å². The molecule has 0 aliphatic rings. The quantitative estimate of drug-likeness (QED) is 0.212. The van der Waals surface area contributed by atoms with E-state index in [0.29, 0.717) is 0 Å². The van der Waals surface area contributed by atoms with Gasteiger partial charge in [0.2, 0.25) is 0 Å². The third-order valence-corrected chi connectivity index (χ3v) is 8.42. The van der Waals surface area contributed by atoms with Crippen LogP contribution in [0.25, 0.3) is 49.7 Å². The molecule has 1 aromatic heterocycles. The standard InChI is InChI=1S/C40H41N/c1-26-9-19-37-35(21-26)36-22-27(2)10-20-38(36)41(37)34-24-30(28-11-15-32(16-12-28)39(3,4)5)23-31(25-34)29-13-17-33(18-14-29)40(6,7)8/h9-25H,1-8H3. The van der Waals surface area contributed by atoms with Crippen LogP contribution in [0.5, 0.6) is 0 Å². The molecule has 0 saturated carbocycles. The lowest BCUT2D eigenvalue weighted by molar-refractivity contribution is 0.590. The van der Waals surface area contributed by atoms with E-state index >= 15 is 0 Å². The van der Waals surface area contributed by atoms with Gasteiger partial charge in [-0.2, -0.15) is 0 Å². The van der Waals surface area contributed by atoms with Crippen LogP contribution in [0.1, 0.15) is 63.8 Å². The Hall–Kier alpha value is -4.10. The van der Waals surface area contributed by atoms with Gasteiger partial charge in [-0.15, -0.1) is 0 Å². The minimum Gasteiger partial charge on any atom is -0.309 e. The minimum absolute atomic E-state index is 0.125. The Labute approximate surface area is 245 Å². The first-order chi connectivity index (χ1) is 19.4. The Kier molecular flexibility index (Phi) is 6.46. The number of aryl methyl sites for hydroxylation is 2. The van der Waals surface area contributed by atoms with Gasteiger partial charge in [-0.05, 0) is 101 Å². The molecule has 0 aliphatic carbocycles. The molecule has 0 fully saturated rings. The molecule has 41 heavy (non-hydrogen) atoms. The van der Waals surface area contributed by atoms with E-state index in [1.807, 2.05) is 0 Å². The molecule has 1 heterocycles. The van der Waals surface area contributed by atoms with Crippen molar-refractivity contribution in [3.05, 3.63) is 125 Å². The average Bonchev–Trinajstić information content (AvgIpc) is 3.24. The summed E-state index contributed by atoms with van der Waals surface area (Å²) in [5.74, 6) is 0. The van der Waals surface area contributed by atoms with Crippen LogP contribution in [0.15, 0.2) is 103 Å². The van der Waals surface area contributed by atoms with Crippen molar-refractivity contribution in [1.29, 1.82) is 0 Å². The molecule has 0 radical (unpaired) electrons. The van der Waals surface area contributed by atoms with Crippen molar-refractivity contribution < 1.29 is 0 Å². The summed E-state index contributed by atoms with van der Waals surface area (Å²) in [4.78, 5) is 0. The lowest BCUT2D eigenvalue weighted by atomic mass is 9.85. The summed E-state index contributed by atoms with van der Waals surface area (Å²) in [6.45, 7) is 18.0. The highest BCUT2D eigenvalue weighted by atomic mass is 15.0. The highest BCUT2D eigenvalue weighted by Gasteiger charge is 2.18. The second-order valence-electron chi connectivity index (χ2n) is 13.8. The molecular formula is C40H41N. The van der Waals surface area contributed by atoms with E-state index in [-0.39, 0.29) is 10.8 Å². The van der Waals surface area contributed by atoms with Crippen molar-refractivity contribution >= 4 is 21.8 Å². The van der Waals surface area contributed by atoms with Crippen LogP contribution in [0.3, 0.4) is 0 Å². The van der Waals surface area contributed by atoms with Crippen molar-refractivity contribution in [1.82, 2.24) is 4.57 Å². The maximum absolute atomic E-state index is 2.45. The van der Waals surface area contributed by atoms with Gasteiger partial charge in [-0.1, -0.05) is 113 Å². The van der Waals surface area contributed by atoms with E-state index in [0.717, 1.165) is 0 Å². The second-order valence-corrected chi connectivity index (χ2v) is 13.8. The number of nitrogens with zero attached hydrogens (tertiary/aromatic N) is 1. The third-order valence-electron chi connectivity index (χ3n) is 8.42. The van der Waals surface area contributed by atoms with Gasteiger partial charge in [0.05, 0.1) is 11.0 Å². The van der Waals surface area contributed by atoms with Crippen LogP contribution < -0.4 is 0 Å². The SMILES string of the molecule is Cc1ccc2c(c1)c1cc(C)ccc1n2-c1cc(-c2ccc(C(C)(C)C)cc2)cc(-c2ccc(C(C)(C)C)cc2)c1.